The van der Waals surface area contributed by atoms with Gasteiger partial charge >= 0.3 is 6.18 Å². The fourth-order valence-electron chi connectivity index (χ4n) is 2.94. The lowest BCUT2D eigenvalue weighted by molar-refractivity contribution is -0.137. The number of hydrogen-bond acceptors (Lipinski definition) is 4. The van der Waals surface area contributed by atoms with Gasteiger partial charge in [-0.15, -0.1) is 0 Å². The van der Waals surface area contributed by atoms with Crippen molar-refractivity contribution in [3.63, 3.8) is 0 Å². The zero-order valence-corrected chi connectivity index (χ0v) is 18.1. The molecule has 164 valence electrons. The lowest BCUT2D eigenvalue weighted by Gasteiger charge is -2.24. The third-order valence-electron chi connectivity index (χ3n) is 4.49. The zero-order valence-electron chi connectivity index (χ0n) is 17.3. The number of hydrogen-bond donors (Lipinski definition) is 1. The molecule has 2 aromatic rings. The number of anilines is 2. The molecule has 0 bridgehead atoms. The van der Waals surface area contributed by atoms with Gasteiger partial charge in [0.25, 0.3) is 5.91 Å². The molecule has 2 aromatic carbocycles. The number of amides is 1. The number of ether oxygens (including phenoxy) is 1. The van der Waals surface area contributed by atoms with E-state index in [1.807, 2.05) is 23.9 Å². The minimum absolute atomic E-state index is 0.0595. The first-order valence-electron chi connectivity index (χ1n) is 9.25. The lowest BCUT2D eigenvalue weighted by Crippen LogP contribution is -2.25. The van der Waals surface area contributed by atoms with E-state index in [0.717, 1.165) is 25.1 Å². The van der Waals surface area contributed by atoms with Crippen molar-refractivity contribution in [1.82, 2.24) is 4.90 Å². The average Bonchev–Trinajstić information content (AvgIpc) is 2.66. The Bertz CT molecular complexity index is 888. The molecule has 1 amide bonds. The summed E-state index contributed by atoms with van der Waals surface area (Å²) in [5.41, 5.74) is -0.176. The molecule has 9 heteroatoms. The minimum atomic E-state index is -4.53. The van der Waals surface area contributed by atoms with Crippen molar-refractivity contribution < 1.29 is 22.7 Å². The second-order valence-electron chi connectivity index (χ2n) is 7.11. The lowest BCUT2D eigenvalue weighted by atomic mass is 10.1. The maximum atomic E-state index is 13.3. The van der Waals surface area contributed by atoms with Crippen molar-refractivity contribution in [2.75, 3.05) is 51.6 Å². The Labute approximate surface area is 179 Å². The van der Waals surface area contributed by atoms with Gasteiger partial charge in [0.15, 0.2) is 0 Å². The molecule has 0 aromatic heterocycles. The molecule has 0 saturated carbocycles. The Morgan fingerprint density at radius 1 is 1.10 bits per heavy atom. The molecule has 0 aliphatic heterocycles. The molecule has 2 rings (SSSR count). The highest BCUT2D eigenvalue weighted by Gasteiger charge is 2.31. The van der Waals surface area contributed by atoms with Crippen LogP contribution in [-0.4, -0.2) is 52.1 Å². The Kier molecular flexibility index (Phi) is 7.97. The van der Waals surface area contributed by atoms with Crippen molar-refractivity contribution in [2.45, 2.75) is 12.6 Å². The van der Waals surface area contributed by atoms with Gasteiger partial charge in [0, 0.05) is 18.6 Å². The van der Waals surface area contributed by atoms with Crippen molar-refractivity contribution in [2.24, 2.45) is 0 Å². The van der Waals surface area contributed by atoms with Gasteiger partial charge in [0.2, 0.25) is 0 Å². The molecule has 0 unspecified atom stereocenters. The van der Waals surface area contributed by atoms with Crippen LogP contribution in [0.25, 0.3) is 0 Å². The highest BCUT2D eigenvalue weighted by atomic mass is 35.5. The Balaban J connectivity index is 2.37. The fraction of sp³-hybridized carbons (Fsp3) is 0.381. The first-order valence-corrected chi connectivity index (χ1v) is 9.62. The van der Waals surface area contributed by atoms with E-state index in [0.29, 0.717) is 17.3 Å². The van der Waals surface area contributed by atoms with E-state index in [2.05, 4.69) is 5.32 Å². The van der Waals surface area contributed by atoms with Crippen LogP contribution in [0.1, 0.15) is 22.3 Å². The summed E-state index contributed by atoms with van der Waals surface area (Å²) < 4.78 is 44.9. The van der Waals surface area contributed by atoms with Crippen LogP contribution < -0.4 is 15.0 Å². The average molecular weight is 444 g/mol. The van der Waals surface area contributed by atoms with E-state index in [1.165, 1.54) is 25.3 Å². The normalized spacial score (nSPS) is 11.5. The van der Waals surface area contributed by atoms with Crippen LogP contribution in [-0.2, 0) is 6.18 Å². The van der Waals surface area contributed by atoms with Gasteiger partial charge in [-0.2, -0.15) is 13.2 Å². The van der Waals surface area contributed by atoms with Crippen LogP contribution >= 0.6 is 11.6 Å². The summed E-state index contributed by atoms with van der Waals surface area (Å²) in [4.78, 5) is 16.7. The van der Waals surface area contributed by atoms with Crippen molar-refractivity contribution in [3.8, 4) is 5.75 Å². The molecule has 0 saturated heterocycles. The summed E-state index contributed by atoms with van der Waals surface area (Å²) >= 11 is 5.97. The fourth-order valence-corrected chi connectivity index (χ4v) is 3.11. The number of nitrogens with one attached hydrogen (secondary N) is 1. The van der Waals surface area contributed by atoms with Crippen molar-refractivity contribution >= 4 is 28.9 Å². The Hall–Kier alpha value is -2.45. The quantitative estimate of drug-likeness (QED) is 0.623. The van der Waals surface area contributed by atoms with Crippen molar-refractivity contribution in [3.05, 3.63) is 52.5 Å². The number of halogens is 4. The number of nitrogens with zero attached hydrogens (tertiary/aromatic N) is 2. The molecule has 0 aliphatic carbocycles. The standard InChI is InChI=1S/C21H25ClF3N3O2/c1-27(2)10-5-11-28(3)18-8-6-14(21(23,24)25)12-17(18)26-20(29)16-13-15(22)7-9-19(16)30-4/h6-9,12-13H,5,10-11H2,1-4H3,(H,26,29). The molecule has 1 N–H and O–H groups in total. The smallest absolute Gasteiger partial charge is 0.416 e. The van der Waals surface area contributed by atoms with Gasteiger partial charge < -0.3 is 19.9 Å². The summed E-state index contributed by atoms with van der Waals surface area (Å²) in [5.74, 6) is -0.346. The number of alkyl halides is 3. The minimum Gasteiger partial charge on any atom is -0.496 e. The van der Waals surface area contributed by atoms with Crippen LogP contribution in [0, 0.1) is 0 Å². The van der Waals surface area contributed by atoms with Gasteiger partial charge in [-0.25, -0.2) is 0 Å². The highest BCUT2D eigenvalue weighted by Crippen LogP contribution is 2.36. The maximum Gasteiger partial charge on any atom is 0.416 e. The van der Waals surface area contributed by atoms with E-state index < -0.39 is 17.6 Å². The molecule has 0 fully saturated rings. The summed E-state index contributed by atoms with van der Waals surface area (Å²) in [5, 5.41) is 2.90. The summed E-state index contributed by atoms with van der Waals surface area (Å²) in [6, 6.07) is 7.80. The number of carbonyl (C=O) groups excluding carboxylic acids is 1. The molecule has 0 radical (unpaired) electrons. The molecule has 5 nitrogen and oxygen atoms in total. The molecule has 0 atom stereocenters. The number of carbonyl (C=O) groups is 1. The first kappa shape index (κ1) is 23.8. The molecule has 0 spiro atoms. The van der Waals surface area contributed by atoms with Crippen LogP contribution in [0.4, 0.5) is 24.5 Å². The van der Waals surface area contributed by atoms with Crippen LogP contribution in [0.15, 0.2) is 36.4 Å². The summed E-state index contributed by atoms with van der Waals surface area (Å²) in [6.45, 7) is 1.43. The van der Waals surface area contributed by atoms with E-state index >= 15 is 0 Å². The van der Waals surface area contributed by atoms with E-state index in [1.54, 1.807) is 13.1 Å². The predicted octanol–water partition coefficient (Wildman–Crippen LogP) is 5.01. The largest absolute Gasteiger partial charge is 0.496 e. The number of benzene rings is 2. The second kappa shape index (κ2) is 10.0. The SMILES string of the molecule is COc1ccc(Cl)cc1C(=O)Nc1cc(C(F)(F)F)ccc1N(C)CCCN(C)C. The van der Waals surface area contributed by atoms with E-state index in [4.69, 9.17) is 16.3 Å². The molecule has 0 aliphatic rings. The van der Waals surface area contributed by atoms with Gasteiger partial charge in [-0.1, -0.05) is 11.6 Å². The zero-order chi connectivity index (χ0) is 22.5. The van der Waals surface area contributed by atoms with Gasteiger partial charge in [-0.3, -0.25) is 4.79 Å². The monoisotopic (exact) mass is 443 g/mol. The molecular formula is C21H25ClF3N3O2. The summed E-state index contributed by atoms with van der Waals surface area (Å²) in [6.07, 6.45) is -3.73. The molecular weight excluding hydrogens is 419 g/mol. The second-order valence-corrected chi connectivity index (χ2v) is 7.54. The Morgan fingerprint density at radius 2 is 1.80 bits per heavy atom. The van der Waals surface area contributed by atoms with E-state index in [-0.39, 0.29) is 17.0 Å². The van der Waals surface area contributed by atoms with Gasteiger partial charge in [0.1, 0.15) is 5.75 Å². The Morgan fingerprint density at radius 3 is 2.40 bits per heavy atom. The third-order valence-corrected chi connectivity index (χ3v) is 4.72. The number of rotatable bonds is 8. The van der Waals surface area contributed by atoms with Crippen LogP contribution in [0.3, 0.4) is 0 Å². The molecule has 30 heavy (non-hydrogen) atoms. The summed E-state index contributed by atoms with van der Waals surface area (Å²) in [7, 11) is 7.06. The first-order chi connectivity index (χ1) is 14.0. The van der Waals surface area contributed by atoms with Crippen molar-refractivity contribution in [1.29, 1.82) is 0 Å². The van der Waals surface area contributed by atoms with Crippen LogP contribution in [0.5, 0.6) is 5.75 Å². The predicted molar refractivity (Wildman–Crippen MR) is 114 cm³/mol. The topological polar surface area (TPSA) is 44.8 Å². The van der Waals surface area contributed by atoms with Gasteiger partial charge in [0.05, 0.1) is 29.6 Å². The molecule has 0 heterocycles. The number of methoxy groups -OCH3 is 1. The van der Waals surface area contributed by atoms with E-state index in [9.17, 15) is 18.0 Å². The van der Waals surface area contributed by atoms with Gasteiger partial charge in [-0.05, 0) is 63.5 Å². The third kappa shape index (κ3) is 6.27. The maximum absolute atomic E-state index is 13.3. The van der Waals surface area contributed by atoms with Crippen LogP contribution in [0.2, 0.25) is 5.02 Å². The highest BCUT2D eigenvalue weighted by molar-refractivity contribution is 6.31.